The largest absolute Gasteiger partial charge is 0.481 e. The molecule has 8 fully saturated rings. The summed E-state index contributed by atoms with van der Waals surface area (Å²) in [6.45, 7) is 24.6. The Hall–Kier alpha value is -1.23. The molecule has 0 aliphatic heterocycles. The van der Waals surface area contributed by atoms with Crippen molar-refractivity contribution in [1.29, 1.82) is 0 Å². The summed E-state index contributed by atoms with van der Waals surface area (Å²) < 4.78 is 0. The standard InChI is InChI=1S/C26H43NO2.C26H44O3/c1-6-18-22-13-16(2)9-11-26(22,5)21-10-12-25(4)19(17(3)14-27-15-28)7-8-20(25)23(21)24(18)29;1-6-17-21-13-15(2)9-11-26(21,5)20-10-12-25(4)18(16(3)14-22(27)28)7-8-19(25)23(20)24(17)29/h16-24,29H,6-14H2,1-5H3;15-21,23-24,29H,6-14H2,1-5H3,(H,27,28)/t16-,17-,18-,19-,20+,21+,22+,23+,24-,25-,26-;15-,16-,17-,18-,19+,20+,21+,23+,24-,25-,26-/m11/s1. The first-order chi connectivity index (χ1) is 27.4. The van der Waals surface area contributed by atoms with E-state index in [9.17, 15) is 24.9 Å². The van der Waals surface area contributed by atoms with Gasteiger partial charge in [-0.1, -0.05) is 94.9 Å². The Morgan fingerprint density at radius 3 is 1.41 bits per heavy atom. The van der Waals surface area contributed by atoms with Crippen LogP contribution < -0.4 is 0 Å². The Morgan fingerprint density at radius 2 is 1.02 bits per heavy atom. The number of aliphatic hydroxyl groups is 2. The first kappa shape index (κ1) is 44.8. The molecule has 8 aliphatic rings. The molecule has 0 amide bonds. The van der Waals surface area contributed by atoms with Crippen LogP contribution in [0.2, 0.25) is 0 Å². The SMILES string of the molecule is CC[C@H]1[C@@H](O)[C@@H]2[C@H](CC[C@]3(C)[C@@H]([C@H](C)CC(=O)O)CC[C@@H]23)[C@@]2(C)CC[C@@H](C)C[C@@H]12.CC[C@H]1[C@@H](O)[C@@H]2[C@H](CC[C@]3(C)[C@@H]([C@H](C)CN=C=O)CC[C@@H]23)[C@@]2(C)CC[C@@H](C)C[C@@H]12. The maximum atomic E-state index is 11.8. The van der Waals surface area contributed by atoms with Crippen LogP contribution in [0.1, 0.15) is 178 Å². The molecule has 58 heavy (non-hydrogen) atoms. The van der Waals surface area contributed by atoms with Crippen molar-refractivity contribution >= 4 is 12.0 Å². The van der Waals surface area contributed by atoms with Crippen LogP contribution in [-0.4, -0.2) is 46.1 Å². The number of hydrogen-bond acceptors (Lipinski definition) is 5. The van der Waals surface area contributed by atoms with Crippen molar-refractivity contribution in [3.8, 4) is 0 Å². The van der Waals surface area contributed by atoms with Gasteiger partial charge in [0.25, 0.3) is 0 Å². The second-order valence-electron chi connectivity index (χ2n) is 24.1. The molecular weight excluding hydrogens is 719 g/mol. The predicted molar refractivity (Wildman–Crippen MR) is 233 cm³/mol. The molecule has 8 rings (SSSR count). The van der Waals surface area contributed by atoms with E-state index in [0.717, 1.165) is 31.1 Å². The molecule has 0 heterocycles. The highest BCUT2D eigenvalue weighted by Crippen LogP contribution is 2.71. The van der Waals surface area contributed by atoms with Crippen LogP contribution in [0.5, 0.6) is 0 Å². The number of carbonyl (C=O) groups is 1. The van der Waals surface area contributed by atoms with E-state index in [0.29, 0.717) is 106 Å². The molecule has 3 N–H and O–H groups in total. The minimum Gasteiger partial charge on any atom is -0.481 e. The topological polar surface area (TPSA) is 107 Å². The van der Waals surface area contributed by atoms with E-state index < -0.39 is 5.97 Å². The van der Waals surface area contributed by atoms with Gasteiger partial charge in [0.15, 0.2) is 0 Å². The van der Waals surface area contributed by atoms with Crippen molar-refractivity contribution in [3.63, 3.8) is 0 Å². The quantitative estimate of drug-likeness (QED) is 0.167. The molecule has 6 nitrogen and oxygen atoms in total. The molecule has 0 unspecified atom stereocenters. The lowest BCUT2D eigenvalue weighted by molar-refractivity contribution is -0.198. The fourth-order valence-corrected chi connectivity index (χ4v) is 19.0. The van der Waals surface area contributed by atoms with Gasteiger partial charge in [-0.05, 0) is 193 Å². The maximum Gasteiger partial charge on any atom is 0.303 e. The second kappa shape index (κ2) is 16.8. The number of isocyanates is 1. The van der Waals surface area contributed by atoms with Crippen molar-refractivity contribution in [2.45, 2.75) is 191 Å². The summed E-state index contributed by atoms with van der Waals surface area (Å²) in [6, 6.07) is 0. The lowest BCUT2D eigenvalue weighted by Crippen LogP contribution is -2.61. The Labute approximate surface area is 354 Å². The molecule has 0 aromatic carbocycles. The van der Waals surface area contributed by atoms with E-state index in [2.05, 4.69) is 74.2 Å². The number of rotatable bonds is 8. The number of aliphatic imine (C=N–C) groups is 1. The van der Waals surface area contributed by atoms with Crippen LogP contribution in [0.15, 0.2) is 4.99 Å². The van der Waals surface area contributed by atoms with E-state index in [4.69, 9.17) is 0 Å². The molecule has 0 aromatic heterocycles. The molecule has 8 aliphatic carbocycles. The minimum atomic E-state index is -0.659. The van der Waals surface area contributed by atoms with Crippen molar-refractivity contribution < 1.29 is 24.9 Å². The van der Waals surface area contributed by atoms with Gasteiger partial charge >= 0.3 is 5.97 Å². The van der Waals surface area contributed by atoms with Gasteiger partial charge in [-0.25, -0.2) is 9.79 Å². The summed E-state index contributed by atoms with van der Waals surface area (Å²) in [7, 11) is 0. The Kier molecular flexibility index (Phi) is 13.0. The minimum absolute atomic E-state index is 0.125. The lowest BCUT2D eigenvalue weighted by atomic mass is 9.41. The average Bonchev–Trinajstić information content (AvgIpc) is 3.72. The molecular formula is C52H87NO5. The molecule has 0 spiro atoms. The fourth-order valence-electron chi connectivity index (χ4n) is 19.0. The highest BCUT2D eigenvalue weighted by Gasteiger charge is 2.66. The zero-order chi connectivity index (χ0) is 42.1. The van der Waals surface area contributed by atoms with Gasteiger partial charge in [-0.2, -0.15) is 0 Å². The summed E-state index contributed by atoms with van der Waals surface area (Å²) in [5.41, 5.74) is 1.32. The van der Waals surface area contributed by atoms with Crippen LogP contribution in [0.4, 0.5) is 0 Å². The molecule has 22 atom stereocenters. The summed E-state index contributed by atoms with van der Waals surface area (Å²) in [6.07, 6.45) is 21.9. The molecule has 0 bridgehead atoms. The Balaban J connectivity index is 0.000000177. The van der Waals surface area contributed by atoms with Crippen molar-refractivity contribution in [1.82, 2.24) is 0 Å². The van der Waals surface area contributed by atoms with Crippen LogP contribution in [0, 0.1) is 116 Å². The van der Waals surface area contributed by atoms with Gasteiger partial charge < -0.3 is 15.3 Å². The third-order valence-corrected chi connectivity index (χ3v) is 21.8. The van der Waals surface area contributed by atoms with Crippen LogP contribution >= 0.6 is 0 Å². The van der Waals surface area contributed by atoms with E-state index in [-0.39, 0.29) is 23.5 Å². The van der Waals surface area contributed by atoms with Crippen molar-refractivity contribution in [2.24, 2.45) is 121 Å². The fraction of sp³-hybridized carbons (Fsp3) is 0.962. The molecule has 0 radical (unpaired) electrons. The van der Waals surface area contributed by atoms with E-state index in [1.165, 1.54) is 83.5 Å². The van der Waals surface area contributed by atoms with Crippen molar-refractivity contribution in [3.05, 3.63) is 0 Å². The number of aliphatic hydroxyl groups excluding tert-OH is 2. The molecule has 0 aromatic rings. The Bertz CT molecular complexity index is 1410. The third kappa shape index (κ3) is 7.15. The molecule has 8 saturated carbocycles. The van der Waals surface area contributed by atoms with Gasteiger partial charge in [0.2, 0.25) is 6.08 Å². The second-order valence-corrected chi connectivity index (χ2v) is 24.1. The van der Waals surface area contributed by atoms with Gasteiger partial charge in [0.1, 0.15) is 0 Å². The Morgan fingerprint density at radius 1 is 0.621 bits per heavy atom. The average molecular weight is 806 g/mol. The van der Waals surface area contributed by atoms with Gasteiger partial charge in [0, 0.05) is 6.42 Å². The van der Waals surface area contributed by atoms with Crippen LogP contribution in [0.25, 0.3) is 0 Å². The summed E-state index contributed by atoms with van der Waals surface area (Å²) in [5, 5.41) is 32.9. The zero-order valence-electron chi connectivity index (χ0n) is 38.7. The van der Waals surface area contributed by atoms with Crippen LogP contribution in [0.3, 0.4) is 0 Å². The van der Waals surface area contributed by atoms with Gasteiger partial charge in [-0.15, -0.1) is 0 Å². The highest BCUT2D eigenvalue weighted by molar-refractivity contribution is 5.67. The van der Waals surface area contributed by atoms with E-state index in [1.54, 1.807) is 6.08 Å². The van der Waals surface area contributed by atoms with Gasteiger partial charge in [0.05, 0.1) is 18.8 Å². The number of fused-ring (bicyclic) bond motifs is 10. The summed E-state index contributed by atoms with van der Waals surface area (Å²) >= 11 is 0. The number of carboxylic acids is 1. The van der Waals surface area contributed by atoms with E-state index >= 15 is 0 Å². The lowest BCUT2D eigenvalue weighted by Gasteiger charge is -2.65. The molecule has 6 heteroatoms. The number of carboxylic acid groups (broad SMARTS) is 1. The zero-order valence-corrected chi connectivity index (χ0v) is 38.7. The first-order valence-corrected chi connectivity index (χ1v) is 25.0. The normalized spacial score (nSPS) is 52.8. The van der Waals surface area contributed by atoms with Crippen LogP contribution in [-0.2, 0) is 9.59 Å². The van der Waals surface area contributed by atoms with E-state index in [1.807, 2.05) is 0 Å². The third-order valence-electron chi connectivity index (χ3n) is 21.8. The predicted octanol–water partition coefficient (Wildman–Crippen LogP) is 11.9. The highest BCUT2D eigenvalue weighted by atomic mass is 16.4. The smallest absolute Gasteiger partial charge is 0.303 e. The maximum absolute atomic E-state index is 11.8. The van der Waals surface area contributed by atoms with Gasteiger partial charge in [-0.3, -0.25) is 4.79 Å². The monoisotopic (exact) mass is 806 g/mol. The number of aliphatic carboxylic acids is 1. The van der Waals surface area contributed by atoms with Crippen molar-refractivity contribution in [2.75, 3.05) is 6.54 Å². The summed E-state index contributed by atoms with van der Waals surface area (Å²) in [4.78, 5) is 26.0. The number of carbonyl (C=O) groups excluding carboxylic acids is 1. The molecule has 0 saturated heterocycles. The first-order valence-electron chi connectivity index (χ1n) is 25.0. The number of nitrogens with zero attached hydrogens (tertiary/aromatic N) is 1. The number of hydrogen-bond donors (Lipinski definition) is 3. The summed E-state index contributed by atoms with van der Waals surface area (Å²) in [5.74, 6) is 8.50. The molecule has 330 valence electrons.